The largest absolute Gasteiger partial charge is 0.416 e. The van der Waals surface area contributed by atoms with Gasteiger partial charge >= 0.3 is 6.18 Å². The van der Waals surface area contributed by atoms with Gasteiger partial charge in [-0.15, -0.1) is 0 Å². The number of halogens is 3. The van der Waals surface area contributed by atoms with Crippen LogP contribution in [-0.4, -0.2) is 15.3 Å². The quantitative estimate of drug-likeness (QED) is 0.721. The molecular formula is C13H8F3N3O2. The van der Waals surface area contributed by atoms with Gasteiger partial charge in [-0.25, -0.2) is 0 Å². The first-order valence-corrected chi connectivity index (χ1v) is 5.88. The maximum Gasteiger partial charge on any atom is 0.416 e. The Labute approximate surface area is 116 Å². The van der Waals surface area contributed by atoms with Gasteiger partial charge < -0.3 is 9.05 Å². The van der Waals surface area contributed by atoms with Gasteiger partial charge in [0.1, 0.15) is 5.76 Å². The molecule has 2 aromatic heterocycles. The summed E-state index contributed by atoms with van der Waals surface area (Å²) in [4.78, 5) is 4.07. The van der Waals surface area contributed by atoms with Crippen LogP contribution in [-0.2, 0) is 6.18 Å². The molecule has 0 unspecified atom stereocenters. The van der Waals surface area contributed by atoms with Gasteiger partial charge in [0.15, 0.2) is 5.69 Å². The smallest absolute Gasteiger partial charge is 0.361 e. The van der Waals surface area contributed by atoms with E-state index in [1.807, 2.05) is 0 Å². The van der Waals surface area contributed by atoms with Crippen LogP contribution in [0.15, 0.2) is 39.4 Å². The predicted molar refractivity (Wildman–Crippen MR) is 65.0 cm³/mol. The minimum absolute atomic E-state index is 0.141. The van der Waals surface area contributed by atoms with Gasteiger partial charge in [-0.05, 0) is 19.1 Å². The van der Waals surface area contributed by atoms with Crippen molar-refractivity contribution in [2.75, 3.05) is 0 Å². The first kappa shape index (κ1) is 13.3. The summed E-state index contributed by atoms with van der Waals surface area (Å²) in [5, 5.41) is 7.43. The lowest BCUT2D eigenvalue weighted by Gasteiger charge is -2.05. The topological polar surface area (TPSA) is 65.0 Å². The highest BCUT2D eigenvalue weighted by Crippen LogP contribution is 2.30. The van der Waals surface area contributed by atoms with Crippen molar-refractivity contribution in [2.45, 2.75) is 13.1 Å². The fraction of sp³-hybridized carbons (Fsp3) is 0.154. The Hall–Kier alpha value is -2.64. The minimum atomic E-state index is -4.38. The molecule has 1 aromatic carbocycles. The van der Waals surface area contributed by atoms with Gasteiger partial charge in [0.05, 0.1) is 5.56 Å². The Bertz CT molecular complexity index is 760. The summed E-state index contributed by atoms with van der Waals surface area (Å²) in [6.07, 6.45) is -4.38. The zero-order chi connectivity index (χ0) is 15.0. The first-order chi connectivity index (χ1) is 9.93. The molecule has 2 heterocycles. The van der Waals surface area contributed by atoms with E-state index in [1.165, 1.54) is 12.1 Å². The van der Waals surface area contributed by atoms with E-state index in [2.05, 4.69) is 15.3 Å². The van der Waals surface area contributed by atoms with Crippen molar-refractivity contribution in [2.24, 2.45) is 0 Å². The van der Waals surface area contributed by atoms with Crippen LogP contribution >= 0.6 is 0 Å². The summed E-state index contributed by atoms with van der Waals surface area (Å²) in [5.41, 5.74) is 0.0541. The molecule has 0 saturated heterocycles. The summed E-state index contributed by atoms with van der Waals surface area (Å²) in [6.45, 7) is 1.71. The van der Waals surface area contributed by atoms with E-state index < -0.39 is 11.7 Å². The van der Waals surface area contributed by atoms with Crippen molar-refractivity contribution in [3.63, 3.8) is 0 Å². The molecule has 21 heavy (non-hydrogen) atoms. The summed E-state index contributed by atoms with van der Waals surface area (Å²) in [7, 11) is 0. The van der Waals surface area contributed by atoms with Crippen LogP contribution in [0.2, 0.25) is 0 Å². The van der Waals surface area contributed by atoms with Crippen LogP contribution in [0.25, 0.3) is 23.0 Å². The molecular weight excluding hydrogens is 287 g/mol. The highest BCUT2D eigenvalue weighted by molar-refractivity contribution is 5.58. The van der Waals surface area contributed by atoms with Crippen LogP contribution in [0, 0.1) is 6.92 Å². The number of hydrogen-bond donors (Lipinski definition) is 0. The predicted octanol–water partition coefficient (Wildman–Crippen LogP) is 3.72. The third-order valence-electron chi connectivity index (χ3n) is 2.74. The van der Waals surface area contributed by atoms with Gasteiger partial charge in [-0.3, -0.25) is 0 Å². The molecule has 0 radical (unpaired) electrons. The molecule has 3 aromatic rings. The summed E-state index contributed by atoms with van der Waals surface area (Å²) >= 11 is 0. The summed E-state index contributed by atoms with van der Waals surface area (Å²) < 4.78 is 47.3. The Kier molecular flexibility index (Phi) is 3.00. The third-order valence-corrected chi connectivity index (χ3v) is 2.74. The van der Waals surface area contributed by atoms with Crippen molar-refractivity contribution in [3.8, 4) is 23.0 Å². The fourth-order valence-electron chi connectivity index (χ4n) is 1.72. The molecule has 8 heteroatoms. The number of benzene rings is 1. The van der Waals surface area contributed by atoms with E-state index in [-0.39, 0.29) is 11.7 Å². The van der Waals surface area contributed by atoms with Crippen LogP contribution < -0.4 is 0 Å². The second-order valence-corrected chi connectivity index (χ2v) is 4.32. The molecule has 5 nitrogen and oxygen atoms in total. The molecule has 0 atom stereocenters. The number of nitrogens with zero attached hydrogens (tertiary/aromatic N) is 3. The van der Waals surface area contributed by atoms with E-state index in [1.54, 1.807) is 13.0 Å². The average molecular weight is 295 g/mol. The monoisotopic (exact) mass is 295 g/mol. The van der Waals surface area contributed by atoms with Crippen LogP contribution in [0.3, 0.4) is 0 Å². The molecule has 0 bridgehead atoms. The lowest BCUT2D eigenvalue weighted by atomic mass is 10.1. The molecule has 3 rings (SSSR count). The van der Waals surface area contributed by atoms with Crippen molar-refractivity contribution in [1.29, 1.82) is 0 Å². The zero-order valence-electron chi connectivity index (χ0n) is 10.7. The van der Waals surface area contributed by atoms with E-state index in [9.17, 15) is 13.2 Å². The molecule has 0 aliphatic carbocycles. The lowest BCUT2D eigenvalue weighted by molar-refractivity contribution is -0.137. The Morgan fingerprint density at radius 3 is 2.29 bits per heavy atom. The standard InChI is InChI=1S/C13H8F3N3O2/c1-7-6-10(18-20-7)12-17-11(19-21-12)8-2-4-9(5-3-8)13(14,15)16/h2-6H,1H3. The first-order valence-electron chi connectivity index (χ1n) is 5.88. The molecule has 108 valence electrons. The van der Waals surface area contributed by atoms with E-state index in [0.717, 1.165) is 12.1 Å². The highest BCUT2D eigenvalue weighted by atomic mass is 19.4. The van der Waals surface area contributed by atoms with Crippen LogP contribution in [0.1, 0.15) is 11.3 Å². The SMILES string of the molecule is Cc1cc(-c2nc(-c3ccc(C(F)(F)F)cc3)no2)no1. The van der Waals surface area contributed by atoms with Crippen LogP contribution in [0.4, 0.5) is 13.2 Å². The summed E-state index contributed by atoms with van der Waals surface area (Å²) in [6, 6.07) is 6.11. The second kappa shape index (κ2) is 4.72. The average Bonchev–Trinajstić information content (AvgIpc) is 3.06. The van der Waals surface area contributed by atoms with Gasteiger partial charge in [-0.2, -0.15) is 18.2 Å². The molecule has 0 saturated carbocycles. The fourth-order valence-corrected chi connectivity index (χ4v) is 1.72. The van der Waals surface area contributed by atoms with Crippen molar-refractivity contribution in [3.05, 3.63) is 41.7 Å². The van der Waals surface area contributed by atoms with Crippen molar-refractivity contribution < 1.29 is 22.2 Å². The number of rotatable bonds is 2. The number of hydrogen-bond acceptors (Lipinski definition) is 5. The van der Waals surface area contributed by atoms with E-state index in [0.29, 0.717) is 17.0 Å². The van der Waals surface area contributed by atoms with Gasteiger partial charge in [-0.1, -0.05) is 22.4 Å². The second-order valence-electron chi connectivity index (χ2n) is 4.32. The third kappa shape index (κ3) is 2.64. The van der Waals surface area contributed by atoms with Crippen molar-refractivity contribution in [1.82, 2.24) is 15.3 Å². The van der Waals surface area contributed by atoms with E-state index in [4.69, 9.17) is 9.05 Å². The zero-order valence-corrected chi connectivity index (χ0v) is 10.7. The summed E-state index contributed by atoms with van der Waals surface area (Å²) in [5.74, 6) is 0.903. The Morgan fingerprint density at radius 1 is 1.00 bits per heavy atom. The van der Waals surface area contributed by atoms with Crippen molar-refractivity contribution >= 4 is 0 Å². The number of alkyl halides is 3. The molecule has 0 aliphatic heterocycles. The number of aryl methyl sites for hydroxylation is 1. The molecule has 0 fully saturated rings. The molecule has 0 spiro atoms. The minimum Gasteiger partial charge on any atom is -0.361 e. The van der Waals surface area contributed by atoms with Crippen LogP contribution in [0.5, 0.6) is 0 Å². The highest BCUT2D eigenvalue weighted by Gasteiger charge is 2.30. The lowest BCUT2D eigenvalue weighted by Crippen LogP contribution is -2.04. The van der Waals surface area contributed by atoms with Gasteiger partial charge in [0.2, 0.25) is 5.82 Å². The van der Waals surface area contributed by atoms with Gasteiger partial charge in [0.25, 0.3) is 5.89 Å². The normalized spacial score (nSPS) is 11.8. The van der Waals surface area contributed by atoms with Gasteiger partial charge in [0, 0.05) is 11.6 Å². The maximum atomic E-state index is 12.5. The number of aromatic nitrogens is 3. The molecule has 0 N–H and O–H groups in total. The molecule has 0 aliphatic rings. The van der Waals surface area contributed by atoms with E-state index >= 15 is 0 Å². The Morgan fingerprint density at radius 2 is 1.71 bits per heavy atom. The molecule has 0 amide bonds. The Balaban J connectivity index is 1.90. The maximum absolute atomic E-state index is 12.5.